The predicted octanol–water partition coefficient (Wildman–Crippen LogP) is -1.08. The van der Waals surface area contributed by atoms with Gasteiger partial charge in [0.15, 0.2) is 5.75 Å². The van der Waals surface area contributed by atoms with Crippen LogP contribution in [0, 0.1) is 10.1 Å². The summed E-state index contributed by atoms with van der Waals surface area (Å²) in [7, 11) is 0. The number of hydrogen-bond acceptors (Lipinski definition) is 8. The second-order valence-corrected chi connectivity index (χ2v) is 5.28. The molecule has 0 saturated carbocycles. The highest BCUT2D eigenvalue weighted by molar-refractivity contribution is 5.73. The number of amides is 1. The van der Waals surface area contributed by atoms with Crippen LogP contribution in [0.3, 0.4) is 0 Å². The van der Waals surface area contributed by atoms with E-state index < -0.39 is 48.1 Å². The lowest BCUT2D eigenvalue weighted by molar-refractivity contribution is -0.386. The smallest absolute Gasteiger partial charge is 0.311 e. The number of nitrogens with one attached hydrogen (secondary N) is 1. The van der Waals surface area contributed by atoms with Gasteiger partial charge in [-0.05, 0) is 6.07 Å². The van der Waals surface area contributed by atoms with Crippen molar-refractivity contribution in [1.29, 1.82) is 0 Å². The summed E-state index contributed by atoms with van der Waals surface area (Å²) in [5.41, 5.74) is -0.330. The number of rotatable bonds is 5. The topological polar surface area (TPSA) is 151 Å². The number of nitro benzene ring substituents is 1. The van der Waals surface area contributed by atoms with Crippen molar-refractivity contribution < 1.29 is 34.5 Å². The number of carbonyl (C=O) groups excluding carboxylic acids is 1. The molecule has 2 rings (SSSR count). The first-order chi connectivity index (χ1) is 11.3. The molecule has 1 unspecified atom stereocenters. The van der Waals surface area contributed by atoms with E-state index in [9.17, 15) is 30.2 Å². The minimum atomic E-state index is -1.49. The first kappa shape index (κ1) is 18.1. The van der Waals surface area contributed by atoms with E-state index in [2.05, 4.69) is 5.32 Å². The normalized spacial score (nSPS) is 29.8. The summed E-state index contributed by atoms with van der Waals surface area (Å²) in [5, 5.41) is 42.7. The van der Waals surface area contributed by atoms with Crippen LogP contribution in [0.2, 0.25) is 0 Å². The van der Waals surface area contributed by atoms with Crippen molar-refractivity contribution in [2.75, 3.05) is 6.61 Å². The van der Waals surface area contributed by atoms with Gasteiger partial charge in [-0.1, -0.05) is 12.1 Å². The SMILES string of the molecule is CC(=O)N[C@H]1C(Oc2ccccc2[N+](=O)[O-])O[C@H](CO)[C@@H](O)[C@@H]1O. The second kappa shape index (κ2) is 7.53. The van der Waals surface area contributed by atoms with Gasteiger partial charge in [-0.3, -0.25) is 14.9 Å². The molecule has 132 valence electrons. The molecule has 0 aliphatic carbocycles. The predicted molar refractivity (Wildman–Crippen MR) is 79.1 cm³/mol. The molecule has 24 heavy (non-hydrogen) atoms. The zero-order valence-electron chi connectivity index (χ0n) is 12.7. The van der Waals surface area contributed by atoms with E-state index in [1.165, 1.54) is 31.2 Å². The maximum absolute atomic E-state index is 11.3. The molecule has 0 radical (unpaired) electrons. The summed E-state index contributed by atoms with van der Waals surface area (Å²) in [6, 6.07) is 4.33. The van der Waals surface area contributed by atoms with Gasteiger partial charge in [0.25, 0.3) is 0 Å². The lowest BCUT2D eigenvalue weighted by atomic mass is 9.97. The fourth-order valence-corrected chi connectivity index (χ4v) is 2.40. The van der Waals surface area contributed by atoms with E-state index in [0.29, 0.717) is 0 Å². The van der Waals surface area contributed by atoms with Crippen molar-refractivity contribution in [2.45, 2.75) is 37.6 Å². The third-order valence-corrected chi connectivity index (χ3v) is 3.56. The number of aliphatic hydroxyl groups is 3. The van der Waals surface area contributed by atoms with Gasteiger partial charge in [-0.15, -0.1) is 0 Å². The summed E-state index contributed by atoms with van der Waals surface area (Å²) in [5.74, 6) is -0.656. The van der Waals surface area contributed by atoms with Crippen LogP contribution in [0.1, 0.15) is 6.92 Å². The molecule has 4 N–H and O–H groups in total. The Morgan fingerprint density at radius 1 is 1.38 bits per heavy atom. The summed E-state index contributed by atoms with van der Waals surface area (Å²) in [4.78, 5) is 21.7. The zero-order chi connectivity index (χ0) is 17.9. The minimum Gasteiger partial charge on any atom is -0.455 e. The summed E-state index contributed by atoms with van der Waals surface area (Å²) in [6.45, 7) is 0.584. The summed E-state index contributed by atoms with van der Waals surface area (Å²) < 4.78 is 10.8. The Balaban J connectivity index is 2.30. The molecule has 10 nitrogen and oxygen atoms in total. The highest BCUT2D eigenvalue weighted by Crippen LogP contribution is 2.30. The van der Waals surface area contributed by atoms with Gasteiger partial charge in [0.1, 0.15) is 24.4 Å². The Labute approximate surface area is 136 Å². The van der Waals surface area contributed by atoms with Crippen LogP contribution in [0.4, 0.5) is 5.69 Å². The molecule has 0 bridgehead atoms. The van der Waals surface area contributed by atoms with Gasteiger partial charge in [0.2, 0.25) is 12.2 Å². The average Bonchev–Trinajstić information content (AvgIpc) is 2.54. The van der Waals surface area contributed by atoms with Crippen LogP contribution in [-0.2, 0) is 9.53 Å². The standard InChI is InChI=1S/C14H18N2O8/c1-7(18)15-11-13(20)12(19)10(6-17)24-14(11)23-9-5-3-2-4-8(9)16(21)22/h2-5,10-14,17,19-20H,6H2,1H3,(H,15,18)/t10-,11-,12-,13-,14?/m1/s1. The van der Waals surface area contributed by atoms with Crippen LogP contribution in [0.15, 0.2) is 24.3 Å². The average molecular weight is 342 g/mol. The molecule has 10 heteroatoms. The van der Waals surface area contributed by atoms with E-state index in [1.807, 2.05) is 0 Å². The van der Waals surface area contributed by atoms with E-state index in [4.69, 9.17) is 9.47 Å². The van der Waals surface area contributed by atoms with Crippen molar-refractivity contribution >= 4 is 11.6 Å². The molecule has 1 fully saturated rings. The first-order valence-electron chi connectivity index (χ1n) is 7.14. The van der Waals surface area contributed by atoms with E-state index >= 15 is 0 Å². The molecule has 5 atom stereocenters. The Morgan fingerprint density at radius 2 is 2.04 bits per heavy atom. The third kappa shape index (κ3) is 3.79. The molecule has 1 saturated heterocycles. The van der Waals surface area contributed by atoms with E-state index in [-0.39, 0.29) is 11.4 Å². The number of aliphatic hydroxyl groups excluding tert-OH is 3. The van der Waals surface area contributed by atoms with Gasteiger partial charge in [-0.2, -0.15) is 0 Å². The number of carbonyl (C=O) groups is 1. The molecule has 1 aromatic carbocycles. The van der Waals surface area contributed by atoms with Gasteiger partial charge in [0, 0.05) is 13.0 Å². The first-order valence-corrected chi connectivity index (χ1v) is 7.14. The zero-order valence-corrected chi connectivity index (χ0v) is 12.7. The molecule has 1 aromatic rings. The largest absolute Gasteiger partial charge is 0.455 e. The summed E-state index contributed by atoms with van der Waals surface area (Å²) in [6.07, 6.45) is -5.46. The van der Waals surface area contributed by atoms with Crippen LogP contribution < -0.4 is 10.1 Å². The number of ether oxygens (including phenoxy) is 2. The Kier molecular flexibility index (Phi) is 5.67. The number of nitro groups is 1. The lowest BCUT2D eigenvalue weighted by Gasteiger charge is -2.41. The van der Waals surface area contributed by atoms with Crippen molar-refractivity contribution in [3.8, 4) is 5.75 Å². The molecule has 0 spiro atoms. The van der Waals surface area contributed by atoms with Gasteiger partial charge in [0.05, 0.1) is 11.5 Å². The molecule has 1 aliphatic rings. The summed E-state index contributed by atoms with van der Waals surface area (Å²) >= 11 is 0. The van der Waals surface area contributed by atoms with Crippen LogP contribution in [0.5, 0.6) is 5.75 Å². The Morgan fingerprint density at radius 3 is 2.62 bits per heavy atom. The lowest BCUT2D eigenvalue weighted by Crippen LogP contribution is -2.65. The van der Waals surface area contributed by atoms with Gasteiger partial charge < -0.3 is 30.1 Å². The van der Waals surface area contributed by atoms with Crippen molar-refractivity contribution in [2.24, 2.45) is 0 Å². The number of para-hydroxylation sites is 2. The van der Waals surface area contributed by atoms with Crippen LogP contribution >= 0.6 is 0 Å². The van der Waals surface area contributed by atoms with E-state index in [0.717, 1.165) is 0 Å². The van der Waals surface area contributed by atoms with Crippen LogP contribution in [-0.4, -0.2) is 63.4 Å². The van der Waals surface area contributed by atoms with Crippen molar-refractivity contribution in [1.82, 2.24) is 5.32 Å². The fourth-order valence-electron chi connectivity index (χ4n) is 2.40. The Bertz CT molecular complexity index is 610. The monoisotopic (exact) mass is 342 g/mol. The molecule has 1 amide bonds. The van der Waals surface area contributed by atoms with Gasteiger partial charge >= 0.3 is 5.69 Å². The molecule has 1 aliphatic heterocycles. The minimum absolute atomic E-state index is 0.136. The quantitative estimate of drug-likeness (QED) is 0.389. The Hall–Kier alpha value is -2.27. The van der Waals surface area contributed by atoms with Crippen molar-refractivity contribution in [3.63, 3.8) is 0 Å². The van der Waals surface area contributed by atoms with Gasteiger partial charge in [-0.25, -0.2) is 0 Å². The second-order valence-electron chi connectivity index (χ2n) is 5.28. The number of benzene rings is 1. The third-order valence-electron chi connectivity index (χ3n) is 3.56. The van der Waals surface area contributed by atoms with Crippen molar-refractivity contribution in [3.05, 3.63) is 34.4 Å². The maximum Gasteiger partial charge on any atom is 0.311 e. The number of hydrogen-bond donors (Lipinski definition) is 4. The van der Waals surface area contributed by atoms with E-state index in [1.54, 1.807) is 0 Å². The fraction of sp³-hybridized carbons (Fsp3) is 0.500. The number of nitrogens with zero attached hydrogens (tertiary/aromatic N) is 1. The highest BCUT2D eigenvalue weighted by Gasteiger charge is 2.46. The molecular weight excluding hydrogens is 324 g/mol. The molecular formula is C14H18N2O8. The molecule has 0 aromatic heterocycles. The highest BCUT2D eigenvalue weighted by atomic mass is 16.7. The maximum atomic E-state index is 11.3. The van der Waals surface area contributed by atoms with Crippen LogP contribution in [0.25, 0.3) is 0 Å². The molecule has 1 heterocycles.